The highest BCUT2D eigenvalue weighted by atomic mass is 28.4. The van der Waals surface area contributed by atoms with Gasteiger partial charge in [-0.1, -0.05) is 153 Å². The van der Waals surface area contributed by atoms with E-state index in [2.05, 4.69) is 61.1 Å². The van der Waals surface area contributed by atoms with Gasteiger partial charge in [0.2, 0.25) is 0 Å². The molecular weight excluding hydrogens is 767 g/mol. The summed E-state index contributed by atoms with van der Waals surface area (Å²) in [4.78, 5) is 3.11. The number of hydrogen-bond acceptors (Lipinski definition) is 10. The number of aliphatic hydroxyl groups is 2. The largest absolute Gasteiger partial charge is 0.405 e. The van der Waals surface area contributed by atoms with E-state index in [1.54, 1.807) is 0 Å². The van der Waals surface area contributed by atoms with Gasteiger partial charge in [0.1, 0.15) is 42.7 Å². The number of benzene rings is 5. The Morgan fingerprint density at radius 3 is 1.98 bits per heavy atom. The Labute approximate surface area is 345 Å². The highest BCUT2D eigenvalue weighted by molar-refractivity contribution is 6.99. The minimum atomic E-state index is -3.10. The molecule has 5 aromatic rings. The molecule has 3 fully saturated rings. The van der Waals surface area contributed by atoms with Crippen molar-refractivity contribution < 1.29 is 43.1 Å². The average molecular weight is 818 g/mol. The topological polar surface area (TPSA) is 154 Å². The van der Waals surface area contributed by atoms with Gasteiger partial charge in [-0.05, 0) is 48.9 Å². The lowest BCUT2D eigenvalue weighted by Gasteiger charge is -2.48. The maximum absolute atomic E-state index is 12.3. The van der Waals surface area contributed by atoms with Gasteiger partial charge < -0.3 is 43.1 Å². The third kappa shape index (κ3) is 8.60. The molecule has 3 saturated heterocycles. The number of hydrogen-bond donors (Lipinski definition) is 2. The molecule has 0 radical (unpaired) electrons. The Kier molecular flexibility index (Phi) is 12.6. The molecule has 308 valence electrons. The lowest BCUT2D eigenvalue weighted by atomic mass is 9.96. The van der Waals surface area contributed by atoms with Gasteiger partial charge in [-0.15, -0.1) is 0 Å². The lowest BCUT2D eigenvalue weighted by Crippen LogP contribution is -2.68. The molecule has 5 aromatic carbocycles. The number of nitrogens with zero attached hydrogens (tertiary/aromatic N) is 3. The van der Waals surface area contributed by atoms with E-state index in [1.165, 1.54) is 0 Å². The van der Waals surface area contributed by atoms with E-state index < -0.39 is 69.7 Å². The second-order valence-electron chi connectivity index (χ2n) is 16.4. The van der Waals surface area contributed by atoms with Gasteiger partial charge in [-0.2, -0.15) is 0 Å². The standard InChI is InChI=1S/C46H51N3O9Si/c1-46(2,3)59(34-19-9-5-10-20-34,35-21-11-6-12-22-35)55-29-37-41(52-27-31-23-24-32-17-13-14-18-33(32)25-31)39(50)38(48-49-47)44(56-37)58-42-36-28-54-45(57-36)40(51)43(42)53-26-30-15-7-4-8-16-30/h4-25,36-45,50-51H,26-29H2,1-3H3/t36-,37+,38+,39+,40+,41+,42+,43+,44+,45-/m0/s1. The molecule has 2 bridgehead atoms. The molecule has 13 heteroatoms. The molecule has 3 aliphatic rings. The number of aliphatic hydroxyl groups excluding tert-OH is 2. The maximum atomic E-state index is 12.3. The summed E-state index contributed by atoms with van der Waals surface area (Å²) in [5.74, 6) is 0. The molecule has 3 heterocycles. The fourth-order valence-electron chi connectivity index (χ4n) is 8.66. The Morgan fingerprint density at radius 2 is 1.32 bits per heavy atom. The van der Waals surface area contributed by atoms with Crippen LogP contribution in [-0.2, 0) is 46.1 Å². The van der Waals surface area contributed by atoms with Crippen molar-refractivity contribution in [3.63, 3.8) is 0 Å². The van der Waals surface area contributed by atoms with Crippen LogP contribution in [0.4, 0.5) is 0 Å². The summed E-state index contributed by atoms with van der Waals surface area (Å²) in [6.45, 7) is 7.03. The van der Waals surface area contributed by atoms with Crippen molar-refractivity contribution in [2.45, 2.75) is 100 Å². The van der Waals surface area contributed by atoms with Crippen LogP contribution in [0.3, 0.4) is 0 Å². The molecule has 0 aromatic heterocycles. The van der Waals surface area contributed by atoms with Crippen molar-refractivity contribution in [1.29, 1.82) is 0 Å². The van der Waals surface area contributed by atoms with Crippen LogP contribution in [0.2, 0.25) is 5.04 Å². The zero-order valence-electron chi connectivity index (χ0n) is 33.4. The SMILES string of the molecule is CC(C)(C)[Si](OC[C@H]1O[C@H](O[C@H]2[C@H](OCc3ccccc3)[C@@H](O)[C@H]3OC[C@@H]2O3)[C@H](N=[N+]=[N-])[C@@H](O)[C@@H]1OCc1ccc2ccccc2c1)(c1ccccc1)c1ccccc1. The summed E-state index contributed by atoms with van der Waals surface area (Å²) in [5.41, 5.74) is 11.6. The van der Waals surface area contributed by atoms with E-state index in [-0.39, 0.29) is 31.5 Å². The van der Waals surface area contributed by atoms with E-state index in [0.717, 1.165) is 32.3 Å². The highest BCUT2D eigenvalue weighted by Gasteiger charge is 2.56. The molecule has 8 rings (SSSR count). The van der Waals surface area contributed by atoms with Crippen LogP contribution in [0, 0.1) is 0 Å². The zero-order chi connectivity index (χ0) is 41.0. The first-order valence-electron chi connectivity index (χ1n) is 20.1. The first-order chi connectivity index (χ1) is 28.7. The molecular formula is C46H51N3O9Si. The Hall–Kier alpha value is -4.47. The van der Waals surface area contributed by atoms with Crippen molar-refractivity contribution >= 4 is 29.5 Å². The van der Waals surface area contributed by atoms with Crippen molar-refractivity contribution in [2.24, 2.45) is 5.11 Å². The fraction of sp³-hybridized carbons (Fsp3) is 0.391. The predicted octanol–water partition coefficient (Wildman–Crippen LogP) is 6.15. The molecule has 0 spiro atoms. The molecule has 3 aliphatic heterocycles. The average Bonchev–Trinajstić information content (AvgIpc) is 3.71. The van der Waals surface area contributed by atoms with E-state index in [9.17, 15) is 15.7 Å². The maximum Gasteiger partial charge on any atom is 0.261 e. The molecule has 10 atom stereocenters. The van der Waals surface area contributed by atoms with Crippen LogP contribution in [0.5, 0.6) is 0 Å². The Bertz CT molecular complexity index is 2150. The van der Waals surface area contributed by atoms with Gasteiger partial charge in [-0.25, -0.2) is 0 Å². The second-order valence-corrected chi connectivity index (χ2v) is 20.7. The van der Waals surface area contributed by atoms with Crippen LogP contribution >= 0.6 is 0 Å². The monoisotopic (exact) mass is 817 g/mol. The Morgan fingerprint density at radius 1 is 0.712 bits per heavy atom. The first kappa shape index (κ1) is 41.3. The first-order valence-corrected chi connectivity index (χ1v) is 22.1. The summed E-state index contributed by atoms with van der Waals surface area (Å²) >= 11 is 0. The van der Waals surface area contributed by atoms with Gasteiger partial charge in [0.15, 0.2) is 12.6 Å². The van der Waals surface area contributed by atoms with Crippen LogP contribution in [0.1, 0.15) is 31.9 Å². The molecule has 12 nitrogen and oxygen atoms in total. The molecule has 0 aliphatic carbocycles. The molecule has 59 heavy (non-hydrogen) atoms. The molecule has 2 N–H and O–H groups in total. The third-order valence-electron chi connectivity index (χ3n) is 11.6. The quantitative estimate of drug-likeness (QED) is 0.0582. The summed E-state index contributed by atoms with van der Waals surface area (Å²) in [7, 11) is -3.10. The van der Waals surface area contributed by atoms with Crippen LogP contribution in [-0.4, -0.2) is 93.1 Å². The number of ether oxygens (including phenoxy) is 6. The smallest absolute Gasteiger partial charge is 0.261 e. The van der Waals surface area contributed by atoms with Crippen molar-refractivity contribution in [2.75, 3.05) is 13.2 Å². The minimum Gasteiger partial charge on any atom is -0.405 e. The second kappa shape index (κ2) is 18.0. The minimum absolute atomic E-state index is 0.00190. The number of fused-ring (bicyclic) bond motifs is 3. The van der Waals surface area contributed by atoms with Gasteiger partial charge in [0, 0.05) is 4.91 Å². The van der Waals surface area contributed by atoms with Crippen molar-refractivity contribution in [3.05, 3.63) is 155 Å². The molecule has 0 unspecified atom stereocenters. The Balaban J connectivity index is 1.13. The third-order valence-corrected chi connectivity index (χ3v) is 16.6. The normalized spacial score (nSPS) is 28.3. The lowest BCUT2D eigenvalue weighted by molar-refractivity contribution is -0.323. The van der Waals surface area contributed by atoms with Gasteiger partial charge in [0.25, 0.3) is 8.32 Å². The fourth-order valence-corrected chi connectivity index (χ4v) is 13.2. The number of azide groups is 1. The summed E-state index contributed by atoms with van der Waals surface area (Å²) in [6, 6.07) is 43.0. The van der Waals surface area contributed by atoms with Crippen LogP contribution in [0.15, 0.2) is 139 Å². The van der Waals surface area contributed by atoms with Gasteiger partial charge in [0.05, 0.1) is 32.5 Å². The van der Waals surface area contributed by atoms with Crippen molar-refractivity contribution in [1.82, 2.24) is 0 Å². The predicted molar refractivity (Wildman–Crippen MR) is 224 cm³/mol. The summed E-state index contributed by atoms with van der Waals surface area (Å²) in [6.07, 6.45) is -9.16. The van der Waals surface area contributed by atoms with Crippen molar-refractivity contribution in [3.8, 4) is 0 Å². The van der Waals surface area contributed by atoms with Crippen LogP contribution in [0.25, 0.3) is 21.2 Å². The van der Waals surface area contributed by atoms with E-state index in [0.29, 0.717) is 0 Å². The van der Waals surface area contributed by atoms with Gasteiger partial charge >= 0.3 is 0 Å². The van der Waals surface area contributed by atoms with E-state index >= 15 is 0 Å². The van der Waals surface area contributed by atoms with E-state index in [4.69, 9.17) is 32.8 Å². The summed E-state index contributed by atoms with van der Waals surface area (Å²) < 4.78 is 45.6. The number of rotatable bonds is 14. The molecule has 0 amide bonds. The molecule has 0 saturated carbocycles. The van der Waals surface area contributed by atoms with E-state index in [1.807, 2.05) is 103 Å². The van der Waals surface area contributed by atoms with Crippen LogP contribution < -0.4 is 10.4 Å². The zero-order valence-corrected chi connectivity index (χ0v) is 34.4. The highest BCUT2D eigenvalue weighted by Crippen LogP contribution is 2.39. The summed E-state index contributed by atoms with van der Waals surface area (Å²) in [5, 5.41) is 31.6. The van der Waals surface area contributed by atoms with Gasteiger partial charge in [-0.3, -0.25) is 0 Å².